The second-order valence-corrected chi connectivity index (χ2v) is 18.2. The molecule has 0 bridgehead atoms. The van der Waals surface area contributed by atoms with E-state index in [1.807, 2.05) is 91.1 Å². The summed E-state index contributed by atoms with van der Waals surface area (Å²) in [5, 5.41) is 4.80. The quantitative estimate of drug-likeness (QED) is 0.135. The Balaban J connectivity index is 1.23. The number of rotatable bonds is 9. The minimum absolute atomic E-state index is 0.376. The lowest BCUT2D eigenvalue weighted by molar-refractivity contribution is 0.628. The topological polar surface area (TPSA) is 63.1 Å². The van der Waals surface area contributed by atoms with Crippen LogP contribution in [0.15, 0.2) is 205 Å². The van der Waals surface area contributed by atoms with Gasteiger partial charge >= 0.3 is 0 Å². The van der Waals surface area contributed by atoms with Gasteiger partial charge in [0.15, 0.2) is 0 Å². The Bertz CT molecular complexity index is 4410. The number of hydrogen-bond acceptors (Lipinski definition) is 5. The predicted octanol–water partition coefficient (Wildman–Crippen LogP) is 16.3. The molecular weight excluding hydrogens is 893 g/mol. The van der Waals surface area contributed by atoms with Crippen molar-refractivity contribution in [1.82, 2.24) is 23.8 Å². The van der Waals surface area contributed by atoms with Gasteiger partial charge in [-0.1, -0.05) is 121 Å². The van der Waals surface area contributed by atoms with E-state index in [2.05, 4.69) is 99.1 Å². The molecule has 0 radical (unpaired) electrons. The molecule has 9 heteroatoms. The summed E-state index contributed by atoms with van der Waals surface area (Å²) in [7, 11) is 0. The van der Waals surface area contributed by atoms with Crippen LogP contribution in [0.3, 0.4) is 0 Å². The van der Waals surface area contributed by atoms with Gasteiger partial charge in [0, 0.05) is 71.8 Å². The van der Waals surface area contributed by atoms with Crippen molar-refractivity contribution in [3.63, 3.8) is 0 Å². The summed E-state index contributed by atoms with van der Waals surface area (Å²) in [6.07, 6.45) is 4.09. The van der Waals surface area contributed by atoms with E-state index in [-0.39, 0.29) is 11.6 Å². The van der Waals surface area contributed by atoms with Gasteiger partial charge in [-0.15, -0.1) is 0 Å². The van der Waals surface area contributed by atoms with Crippen LogP contribution in [-0.2, 0) is 0 Å². The maximum absolute atomic E-state index is 15.1. The molecule has 0 fully saturated rings. The summed E-state index contributed by atoms with van der Waals surface area (Å²) in [6.45, 7) is 6.17. The average molecular weight is 932 g/mol. The molecule has 0 N–H and O–H groups in total. The number of halogens is 2. The second-order valence-electron chi connectivity index (χ2n) is 18.2. The standard InChI is InChI=1S/C63H39F2N7/c1-37-46(32-52(66-2)38-15-7-3-8-16-38)48-34-54(40-19-11-5-12-20-40)68-57-50-31-51-58-60-49(35-55(69-58)41-21-13-6-14-22-41)47-33-53(39-17-9-4-10-18-39)67-36-56(47)72(60)62(51)63(61(50)70(37)59(48)57)71(44-27-23-42(64)24-28-44)45-29-25-43(65)26-30-45/h3-36H,2H2,1H3/b52-32-. The van der Waals surface area contributed by atoms with Gasteiger partial charge < -0.3 is 13.7 Å². The first-order chi connectivity index (χ1) is 35.4. The number of hydrogen-bond donors (Lipinski definition) is 0. The Morgan fingerprint density at radius 3 is 1.53 bits per heavy atom. The summed E-state index contributed by atoms with van der Waals surface area (Å²) in [5.41, 5.74) is 17.2. The Morgan fingerprint density at radius 1 is 0.514 bits per heavy atom. The fourth-order valence-corrected chi connectivity index (χ4v) is 11.0. The number of pyridine rings is 3. The van der Waals surface area contributed by atoms with E-state index < -0.39 is 0 Å². The number of fused-ring (bicyclic) bond motifs is 9. The molecule has 14 aromatic rings. The number of aromatic nitrogens is 5. The van der Waals surface area contributed by atoms with Gasteiger partial charge in [-0.2, -0.15) is 0 Å². The monoisotopic (exact) mass is 931 g/mol. The third-order valence-corrected chi connectivity index (χ3v) is 14.2. The van der Waals surface area contributed by atoms with Crippen LogP contribution in [-0.4, -0.2) is 30.5 Å². The number of aliphatic imine (C=N–C) groups is 1. The van der Waals surface area contributed by atoms with E-state index in [0.29, 0.717) is 11.4 Å². The maximum Gasteiger partial charge on any atom is 0.123 e. The van der Waals surface area contributed by atoms with Gasteiger partial charge in [-0.05, 0) is 92.5 Å². The highest BCUT2D eigenvalue weighted by Crippen LogP contribution is 2.52. The highest BCUT2D eigenvalue weighted by atomic mass is 19.1. The molecule has 0 unspecified atom stereocenters. The van der Waals surface area contributed by atoms with Crippen LogP contribution < -0.4 is 4.90 Å². The molecule has 7 aromatic heterocycles. The SMILES string of the molecule is C=N/C(=C\c1c(C)n2c3c(N(c4ccc(F)cc4)c4ccc(F)cc4)c4c(cc3c3nc(-c5ccccc5)cc1c32)c1nc(-c2ccccc2)cc2c3cc(-c5ccccc5)ncc3n4c21)c1ccccc1. The minimum atomic E-state index is -0.376. The van der Waals surface area contributed by atoms with Crippen molar-refractivity contribution in [1.29, 1.82) is 0 Å². The van der Waals surface area contributed by atoms with E-state index in [1.54, 1.807) is 24.3 Å². The smallest absolute Gasteiger partial charge is 0.123 e. The molecule has 0 saturated carbocycles. The van der Waals surface area contributed by atoms with Crippen LogP contribution >= 0.6 is 0 Å². The van der Waals surface area contributed by atoms with Crippen molar-refractivity contribution >= 4 is 101 Å². The minimum Gasteiger partial charge on any atom is -0.308 e. The van der Waals surface area contributed by atoms with Crippen LogP contribution in [0.4, 0.5) is 25.8 Å². The van der Waals surface area contributed by atoms with Gasteiger partial charge in [0.25, 0.3) is 0 Å². The van der Waals surface area contributed by atoms with Crippen molar-refractivity contribution in [2.45, 2.75) is 6.92 Å². The largest absolute Gasteiger partial charge is 0.308 e. The summed E-state index contributed by atoms with van der Waals surface area (Å²) in [4.78, 5) is 23.0. The zero-order valence-electron chi connectivity index (χ0n) is 38.7. The van der Waals surface area contributed by atoms with Crippen LogP contribution in [0, 0.1) is 18.6 Å². The first-order valence-electron chi connectivity index (χ1n) is 23.8. The van der Waals surface area contributed by atoms with Crippen LogP contribution in [0.5, 0.6) is 0 Å². The maximum atomic E-state index is 15.1. The van der Waals surface area contributed by atoms with E-state index in [4.69, 9.17) is 15.0 Å². The van der Waals surface area contributed by atoms with Gasteiger partial charge in [-0.3, -0.25) is 9.98 Å². The van der Waals surface area contributed by atoms with Crippen molar-refractivity contribution in [3.8, 4) is 33.8 Å². The predicted molar refractivity (Wildman–Crippen MR) is 291 cm³/mol. The Hall–Kier alpha value is -9.60. The molecule has 72 heavy (non-hydrogen) atoms. The molecule has 7 nitrogen and oxygen atoms in total. The van der Waals surface area contributed by atoms with E-state index in [0.717, 1.165) is 128 Å². The average Bonchev–Trinajstić information content (AvgIpc) is 4.14. The number of aryl methyl sites for hydroxylation is 1. The third kappa shape index (κ3) is 6.20. The second kappa shape index (κ2) is 16.0. The fraction of sp³-hybridized carbons (Fsp3) is 0.0159. The summed E-state index contributed by atoms with van der Waals surface area (Å²) in [6, 6.07) is 62.6. The molecule has 0 amide bonds. The van der Waals surface area contributed by atoms with E-state index in [1.165, 1.54) is 24.3 Å². The molecule has 14 rings (SSSR count). The zero-order chi connectivity index (χ0) is 48.2. The Morgan fingerprint density at radius 2 is 0.986 bits per heavy atom. The van der Waals surface area contributed by atoms with Crippen LogP contribution in [0.2, 0.25) is 0 Å². The molecule has 0 aliphatic rings. The number of anilines is 3. The molecule has 0 atom stereocenters. The summed E-state index contributed by atoms with van der Waals surface area (Å²) >= 11 is 0. The molecule has 0 aliphatic heterocycles. The number of nitrogens with zero attached hydrogens (tertiary/aromatic N) is 7. The lowest BCUT2D eigenvalue weighted by atomic mass is 10.0. The molecule has 7 heterocycles. The van der Waals surface area contributed by atoms with Crippen LogP contribution in [0.1, 0.15) is 16.8 Å². The molecule has 340 valence electrons. The lowest BCUT2D eigenvalue weighted by Crippen LogP contribution is -2.12. The van der Waals surface area contributed by atoms with E-state index in [9.17, 15) is 0 Å². The first kappa shape index (κ1) is 41.4. The lowest BCUT2D eigenvalue weighted by Gasteiger charge is -2.27. The zero-order valence-corrected chi connectivity index (χ0v) is 38.7. The van der Waals surface area contributed by atoms with Gasteiger partial charge in [0.1, 0.15) is 11.6 Å². The molecular formula is C63H39F2N7. The van der Waals surface area contributed by atoms with Gasteiger partial charge in [-0.25, -0.2) is 18.7 Å². The van der Waals surface area contributed by atoms with E-state index >= 15 is 8.78 Å². The van der Waals surface area contributed by atoms with Crippen LogP contribution in [0.25, 0.3) is 111 Å². The van der Waals surface area contributed by atoms with Crippen molar-refractivity contribution in [2.75, 3.05) is 4.90 Å². The highest BCUT2D eigenvalue weighted by Gasteiger charge is 2.32. The molecule has 0 aliphatic carbocycles. The summed E-state index contributed by atoms with van der Waals surface area (Å²) < 4.78 is 34.9. The molecule has 0 spiro atoms. The summed E-state index contributed by atoms with van der Waals surface area (Å²) in [5.74, 6) is -0.751. The molecule has 0 saturated heterocycles. The van der Waals surface area contributed by atoms with Gasteiger partial charge in [0.2, 0.25) is 0 Å². The first-order valence-corrected chi connectivity index (χ1v) is 23.8. The third-order valence-electron chi connectivity index (χ3n) is 14.2. The molecule has 7 aromatic carbocycles. The van der Waals surface area contributed by atoms with Crippen molar-refractivity contribution in [2.24, 2.45) is 4.99 Å². The normalized spacial score (nSPS) is 12.2. The fourth-order valence-electron chi connectivity index (χ4n) is 11.0. The Labute approximate surface area is 411 Å². The van der Waals surface area contributed by atoms with Crippen molar-refractivity contribution in [3.05, 3.63) is 229 Å². The van der Waals surface area contributed by atoms with Crippen molar-refractivity contribution < 1.29 is 8.78 Å². The van der Waals surface area contributed by atoms with Gasteiger partial charge in [0.05, 0.1) is 73.3 Å². The Kier molecular flexibility index (Phi) is 9.18. The number of benzene rings is 7. The highest BCUT2D eigenvalue weighted by molar-refractivity contribution is 6.31.